The average Bonchev–Trinajstić information content (AvgIpc) is 2.76. The van der Waals surface area contributed by atoms with Crippen molar-refractivity contribution in [1.29, 1.82) is 0 Å². The van der Waals surface area contributed by atoms with Crippen molar-refractivity contribution in [2.75, 3.05) is 31.1 Å². The molecule has 0 atom stereocenters. The Hall–Kier alpha value is -2.90. The summed E-state index contributed by atoms with van der Waals surface area (Å²) in [6.45, 7) is 2.46. The van der Waals surface area contributed by atoms with Crippen molar-refractivity contribution in [3.63, 3.8) is 0 Å². The average molecular weight is 397 g/mol. The van der Waals surface area contributed by atoms with E-state index in [2.05, 4.69) is 4.98 Å². The first-order valence-electron chi connectivity index (χ1n) is 10.2. The number of carbonyl (C=O) groups excluding carboxylic acids is 2. The van der Waals surface area contributed by atoms with Crippen LogP contribution in [0.3, 0.4) is 0 Å². The number of nitrogens with zero attached hydrogens (tertiary/aromatic N) is 4. The van der Waals surface area contributed by atoms with Crippen LogP contribution in [-0.4, -0.2) is 52.4 Å². The van der Waals surface area contributed by atoms with Crippen LogP contribution in [0, 0.1) is 11.8 Å². The van der Waals surface area contributed by atoms with Crippen molar-refractivity contribution in [1.82, 2.24) is 14.5 Å². The van der Waals surface area contributed by atoms with E-state index in [1.807, 2.05) is 34.1 Å². The van der Waals surface area contributed by atoms with Crippen molar-refractivity contribution in [3.8, 4) is 0 Å². The normalized spacial score (nSPS) is 18.9. The number of amides is 2. The maximum Gasteiger partial charge on any atom is 0.293 e. The van der Waals surface area contributed by atoms with Gasteiger partial charge in [0.15, 0.2) is 5.82 Å². The largest absolute Gasteiger partial charge is 0.369 e. The van der Waals surface area contributed by atoms with Gasteiger partial charge in [-0.15, -0.1) is 0 Å². The standard InChI is InChI=1S/C21H27N5O3/c1-24-17-5-3-2-4-16(17)23-19(21(24)29)25-10-8-15(9-11-25)20(28)26-12-6-14(7-13-26)18(22)27/h2-5,14-15H,6-13H2,1H3,(H2,22,27). The van der Waals surface area contributed by atoms with E-state index in [0.29, 0.717) is 57.7 Å². The number of anilines is 1. The molecule has 2 aromatic rings. The summed E-state index contributed by atoms with van der Waals surface area (Å²) < 4.78 is 1.64. The lowest BCUT2D eigenvalue weighted by Crippen LogP contribution is -2.47. The molecule has 4 rings (SSSR count). The fraction of sp³-hybridized carbons (Fsp3) is 0.524. The smallest absolute Gasteiger partial charge is 0.293 e. The number of hydrogen-bond acceptors (Lipinski definition) is 5. The second kappa shape index (κ2) is 7.85. The quantitative estimate of drug-likeness (QED) is 0.828. The van der Waals surface area contributed by atoms with E-state index in [1.54, 1.807) is 11.6 Å². The third-order valence-corrected chi connectivity index (χ3v) is 6.32. The van der Waals surface area contributed by atoms with Crippen LogP contribution < -0.4 is 16.2 Å². The van der Waals surface area contributed by atoms with Gasteiger partial charge in [0.1, 0.15) is 0 Å². The number of aryl methyl sites for hydroxylation is 1. The first kappa shape index (κ1) is 19.4. The van der Waals surface area contributed by atoms with Gasteiger partial charge in [-0.3, -0.25) is 14.4 Å². The molecule has 0 spiro atoms. The van der Waals surface area contributed by atoms with Crippen LogP contribution >= 0.6 is 0 Å². The SMILES string of the molecule is Cn1c(=O)c(N2CCC(C(=O)N3CCC(C(N)=O)CC3)CC2)nc2ccccc21. The van der Waals surface area contributed by atoms with Gasteiger partial charge in [-0.1, -0.05) is 12.1 Å². The summed E-state index contributed by atoms with van der Waals surface area (Å²) >= 11 is 0. The van der Waals surface area contributed by atoms with Gasteiger partial charge >= 0.3 is 0 Å². The van der Waals surface area contributed by atoms with E-state index < -0.39 is 0 Å². The summed E-state index contributed by atoms with van der Waals surface area (Å²) in [6, 6.07) is 7.60. The highest BCUT2D eigenvalue weighted by Crippen LogP contribution is 2.25. The van der Waals surface area contributed by atoms with Gasteiger partial charge in [0.25, 0.3) is 5.56 Å². The van der Waals surface area contributed by atoms with Gasteiger partial charge < -0.3 is 20.1 Å². The minimum absolute atomic E-state index is 0.0410. The zero-order valence-corrected chi connectivity index (χ0v) is 16.7. The molecule has 0 saturated carbocycles. The second-order valence-electron chi connectivity index (χ2n) is 8.05. The molecule has 1 aromatic carbocycles. The highest BCUT2D eigenvalue weighted by atomic mass is 16.2. The number of primary amides is 1. The number of carbonyl (C=O) groups is 2. The van der Waals surface area contributed by atoms with Gasteiger partial charge in [-0.2, -0.15) is 0 Å². The summed E-state index contributed by atoms with van der Waals surface area (Å²) in [7, 11) is 1.77. The summed E-state index contributed by atoms with van der Waals surface area (Å²) in [5.74, 6) is 0.193. The molecule has 2 fully saturated rings. The summed E-state index contributed by atoms with van der Waals surface area (Å²) in [5, 5.41) is 0. The maximum atomic E-state index is 12.9. The summed E-state index contributed by atoms with van der Waals surface area (Å²) in [6.07, 6.45) is 2.70. The van der Waals surface area contributed by atoms with Gasteiger partial charge in [0.2, 0.25) is 11.8 Å². The molecule has 2 saturated heterocycles. The Bertz CT molecular complexity index is 985. The molecule has 0 bridgehead atoms. The molecule has 2 N–H and O–H groups in total. The van der Waals surface area contributed by atoms with Gasteiger partial charge in [0.05, 0.1) is 11.0 Å². The van der Waals surface area contributed by atoms with E-state index in [0.717, 1.165) is 11.0 Å². The molecule has 2 aliphatic heterocycles. The molecular formula is C21H27N5O3. The van der Waals surface area contributed by atoms with E-state index in [4.69, 9.17) is 5.73 Å². The van der Waals surface area contributed by atoms with Gasteiger partial charge in [0, 0.05) is 45.1 Å². The maximum absolute atomic E-state index is 12.9. The number of rotatable bonds is 3. The highest BCUT2D eigenvalue weighted by Gasteiger charge is 2.32. The van der Waals surface area contributed by atoms with Crippen LogP contribution in [-0.2, 0) is 16.6 Å². The lowest BCUT2D eigenvalue weighted by Gasteiger charge is -2.37. The van der Waals surface area contributed by atoms with E-state index in [9.17, 15) is 14.4 Å². The molecule has 29 heavy (non-hydrogen) atoms. The Morgan fingerprint density at radius 3 is 2.28 bits per heavy atom. The Balaban J connectivity index is 1.42. The van der Waals surface area contributed by atoms with Crippen LogP contribution in [0.25, 0.3) is 11.0 Å². The molecule has 154 valence electrons. The molecular weight excluding hydrogens is 370 g/mol. The molecule has 1 aromatic heterocycles. The predicted octanol–water partition coefficient (Wildman–Crippen LogP) is 0.874. The second-order valence-corrected chi connectivity index (χ2v) is 8.05. The zero-order valence-electron chi connectivity index (χ0n) is 16.7. The Morgan fingerprint density at radius 1 is 1.00 bits per heavy atom. The van der Waals surface area contributed by atoms with Crippen molar-refractivity contribution in [2.24, 2.45) is 24.6 Å². The van der Waals surface area contributed by atoms with E-state index in [1.165, 1.54) is 0 Å². The summed E-state index contributed by atoms with van der Waals surface area (Å²) in [4.78, 5) is 45.4. The molecule has 8 nitrogen and oxygen atoms in total. The number of para-hydroxylation sites is 2. The molecule has 8 heteroatoms. The fourth-order valence-corrected chi connectivity index (χ4v) is 4.45. The summed E-state index contributed by atoms with van der Waals surface area (Å²) in [5.41, 5.74) is 6.87. The third kappa shape index (κ3) is 3.71. The first-order valence-corrected chi connectivity index (χ1v) is 10.2. The molecule has 3 heterocycles. The number of benzene rings is 1. The first-order chi connectivity index (χ1) is 14.0. The van der Waals surface area contributed by atoms with Crippen LogP contribution in [0.2, 0.25) is 0 Å². The molecule has 2 aliphatic rings. The Labute approximate surface area is 169 Å². The molecule has 0 radical (unpaired) electrons. The topological polar surface area (TPSA) is 102 Å². The van der Waals surface area contributed by atoms with Gasteiger partial charge in [-0.05, 0) is 37.8 Å². The van der Waals surface area contributed by atoms with Crippen molar-refractivity contribution in [3.05, 3.63) is 34.6 Å². The van der Waals surface area contributed by atoms with Crippen molar-refractivity contribution < 1.29 is 9.59 Å². The third-order valence-electron chi connectivity index (χ3n) is 6.32. The molecule has 0 aliphatic carbocycles. The lowest BCUT2D eigenvalue weighted by molar-refractivity contribution is -0.139. The van der Waals surface area contributed by atoms with Crippen molar-refractivity contribution in [2.45, 2.75) is 25.7 Å². The number of fused-ring (bicyclic) bond motifs is 1. The predicted molar refractivity (Wildman–Crippen MR) is 110 cm³/mol. The number of nitrogens with two attached hydrogens (primary N) is 1. The molecule has 0 unspecified atom stereocenters. The van der Waals surface area contributed by atoms with E-state index >= 15 is 0 Å². The Morgan fingerprint density at radius 2 is 1.62 bits per heavy atom. The fourth-order valence-electron chi connectivity index (χ4n) is 4.45. The number of piperidine rings is 2. The number of likely N-dealkylation sites (tertiary alicyclic amines) is 1. The molecule has 2 amide bonds. The highest BCUT2D eigenvalue weighted by molar-refractivity contribution is 5.81. The minimum atomic E-state index is -0.269. The van der Waals surface area contributed by atoms with Crippen molar-refractivity contribution >= 4 is 28.7 Å². The van der Waals surface area contributed by atoms with Gasteiger partial charge in [-0.25, -0.2) is 4.98 Å². The zero-order chi connectivity index (χ0) is 20.5. The van der Waals surface area contributed by atoms with Crippen LogP contribution in [0.1, 0.15) is 25.7 Å². The Kier molecular flexibility index (Phi) is 5.25. The van der Waals surface area contributed by atoms with E-state index in [-0.39, 0.29) is 29.2 Å². The number of hydrogen-bond donors (Lipinski definition) is 1. The van der Waals surface area contributed by atoms with Crippen LogP contribution in [0.5, 0.6) is 0 Å². The van der Waals surface area contributed by atoms with Crippen LogP contribution in [0.15, 0.2) is 29.1 Å². The lowest BCUT2D eigenvalue weighted by atomic mass is 9.92. The van der Waals surface area contributed by atoms with Crippen LogP contribution in [0.4, 0.5) is 5.82 Å². The minimum Gasteiger partial charge on any atom is -0.369 e. The number of aromatic nitrogens is 2. The monoisotopic (exact) mass is 397 g/mol.